The molecule has 0 saturated carbocycles. The molecule has 0 saturated heterocycles. The average molecular weight is 301 g/mol. The zero-order chi connectivity index (χ0) is 15.0. The van der Waals surface area contributed by atoms with E-state index in [1.807, 2.05) is 0 Å². The van der Waals surface area contributed by atoms with Crippen LogP contribution in [0, 0.1) is 0 Å². The minimum absolute atomic E-state index is 0.196. The van der Waals surface area contributed by atoms with Gasteiger partial charge in [0.15, 0.2) is 0 Å². The van der Waals surface area contributed by atoms with E-state index in [9.17, 15) is 13.2 Å². The van der Waals surface area contributed by atoms with Gasteiger partial charge < -0.3 is 15.8 Å². The maximum Gasteiger partial charge on any atom is 0.235 e. The first-order chi connectivity index (χ1) is 9.43. The third-order valence-corrected chi connectivity index (χ3v) is 3.71. The summed E-state index contributed by atoms with van der Waals surface area (Å²) >= 11 is 0. The molecule has 0 heterocycles. The number of carbonyl (C=O) groups excluding carboxylic acids is 1. The molecule has 0 radical (unpaired) electrons. The predicted octanol–water partition coefficient (Wildman–Crippen LogP) is -0.549. The van der Waals surface area contributed by atoms with Crippen LogP contribution in [0.1, 0.15) is 5.56 Å². The first-order valence-electron chi connectivity index (χ1n) is 6.00. The summed E-state index contributed by atoms with van der Waals surface area (Å²) in [4.78, 5) is 11.4. The Kier molecular flexibility index (Phi) is 6.43. The molecule has 0 aliphatic carbocycles. The number of carbonyl (C=O) groups is 1. The number of ether oxygens (including phenoxy) is 1. The van der Waals surface area contributed by atoms with Gasteiger partial charge in [0.25, 0.3) is 0 Å². The third kappa shape index (κ3) is 6.50. The van der Waals surface area contributed by atoms with Crippen LogP contribution in [0.4, 0.5) is 5.69 Å². The fourth-order valence-electron chi connectivity index (χ4n) is 1.41. The van der Waals surface area contributed by atoms with Crippen LogP contribution in [0.2, 0.25) is 0 Å². The molecular weight excluding hydrogens is 282 g/mol. The van der Waals surface area contributed by atoms with E-state index >= 15 is 0 Å². The standard InChI is InChI=1S/C12H19N3O4S/c1-19-7-6-14-12(16)8-15-20(17,18)9-10-2-4-11(13)5-3-10/h2-5,15H,6-9,13H2,1H3,(H,14,16). The maximum atomic E-state index is 11.8. The molecule has 20 heavy (non-hydrogen) atoms. The summed E-state index contributed by atoms with van der Waals surface area (Å²) in [5.74, 6) is -0.596. The highest BCUT2D eigenvalue weighted by Crippen LogP contribution is 2.08. The zero-order valence-electron chi connectivity index (χ0n) is 11.3. The van der Waals surface area contributed by atoms with Crippen molar-refractivity contribution in [2.24, 2.45) is 0 Å². The number of nitrogens with one attached hydrogen (secondary N) is 2. The highest BCUT2D eigenvalue weighted by Gasteiger charge is 2.13. The summed E-state index contributed by atoms with van der Waals surface area (Å²) in [5, 5.41) is 2.52. The van der Waals surface area contributed by atoms with Crippen molar-refractivity contribution in [3.8, 4) is 0 Å². The Hall–Kier alpha value is -1.64. The number of benzene rings is 1. The summed E-state index contributed by atoms with van der Waals surface area (Å²) in [6.07, 6.45) is 0. The number of anilines is 1. The molecule has 0 spiro atoms. The summed E-state index contributed by atoms with van der Waals surface area (Å²) in [6, 6.07) is 6.52. The Morgan fingerprint density at radius 1 is 1.30 bits per heavy atom. The van der Waals surface area contributed by atoms with Crippen molar-refractivity contribution in [2.45, 2.75) is 5.75 Å². The Morgan fingerprint density at radius 2 is 1.95 bits per heavy atom. The van der Waals surface area contributed by atoms with Crippen LogP contribution in [-0.4, -0.2) is 41.1 Å². The van der Waals surface area contributed by atoms with E-state index in [0.717, 1.165) is 0 Å². The first kappa shape index (κ1) is 16.4. The molecule has 1 aromatic rings. The number of nitrogens with two attached hydrogens (primary N) is 1. The van der Waals surface area contributed by atoms with E-state index in [-0.39, 0.29) is 12.3 Å². The van der Waals surface area contributed by atoms with Crippen molar-refractivity contribution < 1.29 is 17.9 Å². The molecule has 0 aliphatic heterocycles. The normalized spacial score (nSPS) is 11.2. The average Bonchev–Trinajstić information content (AvgIpc) is 2.39. The summed E-state index contributed by atoms with van der Waals surface area (Å²) in [7, 11) is -2.04. The molecule has 1 rings (SSSR count). The molecule has 0 aromatic heterocycles. The number of amides is 1. The van der Waals surface area contributed by atoms with Gasteiger partial charge in [-0.05, 0) is 17.7 Å². The summed E-state index contributed by atoms with van der Waals surface area (Å²) in [6.45, 7) is 0.431. The Morgan fingerprint density at radius 3 is 2.55 bits per heavy atom. The van der Waals surface area contributed by atoms with Crippen LogP contribution >= 0.6 is 0 Å². The number of hydrogen-bond acceptors (Lipinski definition) is 5. The van der Waals surface area contributed by atoms with Gasteiger partial charge in [-0.2, -0.15) is 0 Å². The predicted molar refractivity (Wildman–Crippen MR) is 76.4 cm³/mol. The van der Waals surface area contributed by atoms with Crippen LogP contribution < -0.4 is 15.8 Å². The van der Waals surface area contributed by atoms with E-state index in [1.165, 1.54) is 7.11 Å². The smallest absolute Gasteiger partial charge is 0.235 e. The highest BCUT2D eigenvalue weighted by atomic mass is 32.2. The van der Waals surface area contributed by atoms with Gasteiger partial charge in [0.1, 0.15) is 0 Å². The number of methoxy groups -OCH3 is 1. The lowest BCUT2D eigenvalue weighted by atomic mass is 10.2. The minimum Gasteiger partial charge on any atom is -0.399 e. The van der Waals surface area contributed by atoms with E-state index in [0.29, 0.717) is 24.4 Å². The van der Waals surface area contributed by atoms with E-state index in [1.54, 1.807) is 24.3 Å². The minimum atomic E-state index is -3.56. The number of sulfonamides is 1. The molecular formula is C12H19N3O4S. The van der Waals surface area contributed by atoms with E-state index in [2.05, 4.69) is 10.0 Å². The second-order valence-electron chi connectivity index (χ2n) is 4.16. The Balaban J connectivity index is 2.41. The van der Waals surface area contributed by atoms with Gasteiger partial charge in [0.2, 0.25) is 15.9 Å². The van der Waals surface area contributed by atoms with Gasteiger partial charge in [0.05, 0.1) is 18.9 Å². The van der Waals surface area contributed by atoms with Crippen molar-refractivity contribution in [3.05, 3.63) is 29.8 Å². The number of hydrogen-bond donors (Lipinski definition) is 3. The fourth-order valence-corrected chi connectivity index (χ4v) is 2.50. The number of nitrogen functional groups attached to an aromatic ring is 1. The highest BCUT2D eigenvalue weighted by molar-refractivity contribution is 7.88. The van der Waals surface area contributed by atoms with Gasteiger partial charge in [-0.1, -0.05) is 12.1 Å². The topological polar surface area (TPSA) is 111 Å². The van der Waals surface area contributed by atoms with Crippen LogP contribution in [0.25, 0.3) is 0 Å². The van der Waals surface area contributed by atoms with Crippen molar-refractivity contribution in [1.29, 1.82) is 0 Å². The van der Waals surface area contributed by atoms with Gasteiger partial charge in [-0.3, -0.25) is 4.79 Å². The van der Waals surface area contributed by atoms with Crippen molar-refractivity contribution >= 4 is 21.6 Å². The molecule has 1 amide bonds. The second-order valence-corrected chi connectivity index (χ2v) is 5.97. The summed E-state index contributed by atoms with van der Waals surface area (Å²) < 4.78 is 30.5. The molecule has 0 aliphatic rings. The monoisotopic (exact) mass is 301 g/mol. The third-order valence-electron chi connectivity index (χ3n) is 2.42. The maximum absolute atomic E-state index is 11.8. The molecule has 0 atom stereocenters. The quantitative estimate of drug-likeness (QED) is 0.441. The molecule has 112 valence electrons. The van der Waals surface area contributed by atoms with Gasteiger partial charge in [-0.15, -0.1) is 0 Å². The van der Waals surface area contributed by atoms with Crippen LogP contribution in [0.15, 0.2) is 24.3 Å². The SMILES string of the molecule is COCCNC(=O)CNS(=O)(=O)Cc1ccc(N)cc1. The molecule has 0 fully saturated rings. The molecule has 1 aromatic carbocycles. The fraction of sp³-hybridized carbons (Fsp3) is 0.417. The number of rotatable bonds is 8. The van der Waals surface area contributed by atoms with Crippen LogP contribution in [0.3, 0.4) is 0 Å². The molecule has 0 unspecified atom stereocenters. The van der Waals surface area contributed by atoms with Gasteiger partial charge in [-0.25, -0.2) is 13.1 Å². The van der Waals surface area contributed by atoms with E-state index < -0.39 is 15.9 Å². The molecule has 0 bridgehead atoms. The largest absolute Gasteiger partial charge is 0.399 e. The second kappa shape index (κ2) is 7.83. The zero-order valence-corrected chi connectivity index (χ0v) is 12.1. The lowest BCUT2D eigenvalue weighted by Crippen LogP contribution is -2.38. The Bertz CT molecular complexity index is 528. The van der Waals surface area contributed by atoms with Crippen LogP contribution in [-0.2, 0) is 25.3 Å². The van der Waals surface area contributed by atoms with Crippen molar-refractivity contribution in [1.82, 2.24) is 10.0 Å². The lowest BCUT2D eigenvalue weighted by molar-refractivity contribution is -0.120. The molecule has 7 nitrogen and oxygen atoms in total. The van der Waals surface area contributed by atoms with Crippen molar-refractivity contribution in [2.75, 3.05) is 32.5 Å². The summed E-state index contributed by atoms with van der Waals surface area (Å²) in [5.41, 5.74) is 6.69. The first-order valence-corrected chi connectivity index (χ1v) is 7.65. The lowest BCUT2D eigenvalue weighted by Gasteiger charge is -2.08. The van der Waals surface area contributed by atoms with Crippen LogP contribution in [0.5, 0.6) is 0 Å². The molecule has 8 heteroatoms. The molecule has 4 N–H and O–H groups in total. The Labute approximate surface area is 118 Å². The van der Waals surface area contributed by atoms with Gasteiger partial charge in [0, 0.05) is 19.3 Å². The van der Waals surface area contributed by atoms with Crippen molar-refractivity contribution in [3.63, 3.8) is 0 Å². The van der Waals surface area contributed by atoms with E-state index in [4.69, 9.17) is 10.5 Å². The van der Waals surface area contributed by atoms with Gasteiger partial charge >= 0.3 is 0 Å².